The molecule has 0 N–H and O–H groups in total. The van der Waals surface area contributed by atoms with Crippen molar-refractivity contribution >= 4 is 34.2 Å². The van der Waals surface area contributed by atoms with Gasteiger partial charge in [-0.1, -0.05) is 11.6 Å². The summed E-state index contributed by atoms with van der Waals surface area (Å²) in [6, 6.07) is 5.83. The SMILES string of the molecule is O=C(C1CCN(Cc2nc(N3CCOCC3)c3cc(Cl)ccc3n2)CC1)N1CCCC1. The summed E-state index contributed by atoms with van der Waals surface area (Å²) in [7, 11) is 0. The molecule has 3 saturated heterocycles. The number of piperidine rings is 1. The molecule has 0 aliphatic carbocycles. The van der Waals surface area contributed by atoms with Crippen LogP contribution in [0.25, 0.3) is 10.9 Å². The second kappa shape index (κ2) is 9.27. The van der Waals surface area contributed by atoms with Crippen LogP contribution in [-0.4, -0.2) is 78.2 Å². The van der Waals surface area contributed by atoms with Gasteiger partial charge in [0.05, 0.1) is 25.3 Å². The molecule has 1 aromatic carbocycles. The number of anilines is 1. The Hall–Kier alpha value is -1.96. The number of halogens is 1. The molecule has 0 radical (unpaired) electrons. The number of hydrogen-bond donors (Lipinski definition) is 0. The number of morpholine rings is 1. The summed E-state index contributed by atoms with van der Waals surface area (Å²) < 4.78 is 5.52. The molecule has 2 aromatic rings. The first-order valence-electron chi connectivity index (χ1n) is 11.5. The molecule has 8 heteroatoms. The fourth-order valence-corrected chi connectivity index (χ4v) is 5.12. The van der Waals surface area contributed by atoms with Crippen LogP contribution in [0.15, 0.2) is 18.2 Å². The monoisotopic (exact) mass is 443 g/mol. The van der Waals surface area contributed by atoms with Crippen LogP contribution in [0.5, 0.6) is 0 Å². The average Bonchev–Trinajstić information content (AvgIpc) is 3.34. The van der Waals surface area contributed by atoms with Gasteiger partial charge in [0.2, 0.25) is 5.91 Å². The summed E-state index contributed by atoms with van der Waals surface area (Å²) >= 11 is 6.27. The normalized spacial score (nSPS) is 21.2. The molecule has 0 spiro atoms. The van der Waals surface area contributed by atoms with Gasteiger partial charge in [0.15, 0.2) is 0 Å². The van der Waals surface area contributed by atoms with E-state index in [1.54, 1.807) is 0 Å². The Morgan fingerprint density at radius 3 is 2.52 bits per heavy atom. The predicted octanol–water partition coefficient (Wildman–Crippen LogP) is 2.95. The van der Waals surface area contributed by atoms with Crippen LogP contribution in [0.2, 0.25) is 5.02 Å². The minimum absolute atomic E-state index is 0.179. The van der Waals surface area contributed by atoms with Crippen molar-refractivity contribution in [2.45, 2.75) is 32.2 Å². The second-order valence-electron chi connectivity index (χ2n) is 8.81. The molecule has 0 unspecified atom stereocenters. The molecular formula is C23H30ClN5O2. The molecule has 166 valence electrons. The molecule has 0 bridgehead atoms. The third kappa shape index (κ3) is 4.64. The standard InChI is InChI=1S/C23H30ClN5O2/c24-18-3-4-20-19(15-18)22(28-11-13-31-14-12-28)26-21(25-20)16-27-9-5-17(6-10-27)23(30)29-7-1-2-8-29/h3-4,15,17H,1-2,5-14,16H2. The first kappa shape index (κ1) is 20.9. The first-order valence-corrected chi connectivity index (χ1v) is 11.9. The van der Waals surface area contributed by atoms with Gasteiger partial charge in [-0.3, -0.25) is 9.69 Å². The number of likely N-dealkylation sites (tertiary alicyclic amines) is 2. The van der Waals surface area contributed by atoms with Gasteiger partial charge in [0, 0.05) is 42.5 Å². The van der Waals surface area contributed by atoms with E-state index in [2.05, 4.69) is 14.7 Å². The largest absolute Gasteiger partial charge is 0.378 e. The highest BCUT2D eigenvalue weighted by atomic mass is 35.5. The van der Waals surface area contributed by atoms with E-state index < -0.39 is 0 Å². The van der Waals surface area contributed by atoms with Gasteiger partial charge in [0.1, 0.15) is 11.6 Å². The van der Waals surface area contributed by atoms with Gasteiger partial charge in [0.25, 0.3) is 0 Å². The van der Waals surface area contributed by atoms with Crippen molar-refractivity contribution < 1.29 is 9.53 Å². The maximum atomic E-state index is 12.7. The van der Waals surface area contributed by atoms with Crippen molar-refractivity contribution in [3.05, 3.63) is 29.0 Å². The fourth-order valence-electron chi connectivity index (χ4n) is 4.95. The number of ether oxygens (including phenoxy) is 1. The Morgan fingerprint density at radius 1 is 1.03 bits per heavy atom. The second-order valence-corrected chi connectivity index (χ2v) is 9.24. The Kier molecular flexibility index (Phi) is 6.25. The van der Waals surface area contributed by atoms with E-state index in [1.807, 2.05) is 18.2 Å². The highest BCUT2D eigenvalue weighted by molar-refractivity contribution is 6.31. The van der Waals surface area contributed by atoms with E-state index >= 15 is 0 Å². The molecule has 7 nitrogen and oxygen atoms in total. The minimum atomic E-state index is 0.179. The van der Waals surface area contributed by atoms with E-state index in [9.17, 15) is 4.79 Å². The Balaban J connectivity index is 1.30. The number of benzene rings is 1. The lowest BCUT2D eigenvalue weighted by molar-refractivity contribution is -0.136. The van der Waals surface area contributed by atoms with E-state index in [-0.39, 0.29) is 5.92 Å². The maximum absolute atomic E-state index is 12.7. The maximum Gasteiger partial charge on any atom is 0.225 e. The fraction of sp³-hybridized carbons (Fsp3) is 0.609. The number of aromatic nitrogens is 2. The van der Waals surface area contributed by atoms with Crippen LogP contribution < -0.4 is 4.90 Å². The Labute approximate surface area is 188 Å². The topological polar surface area (TPSA) is 61.8 Å². The first-order chi connectivity index (χ1) is 15.2. The van der Waals surface area contributed by atoms with Crippen LogP contribution in [0.3, 0.4) is 0 Å². The van der Waals surface area contributed by atoms with Gasteiger partial charge >= 0.3 is 0 Å². The average molecular weight is 444 g/mol. The third-order valence-electron chi connectivity index (χ3n) is 6.71. The highest BCUT2D eigenvalue weighted by Crippen LogP contribution is 2.29. The molecule has 31 heavy (non-hydrogen) atoms. The summed E-state index contributed by atoms with van der Waals surface area (Å²) in [5.41, 5.74) is 0.926. The molecule has 5 rings (SSSR count). The molecule has 1 amide bonds. The molecule has 3 aliphatic heterocycles. The zero-order valence-corrected chi connectivity index (χ0v) is 18.7. The van der Waals surface area contributed by atoms with E-state index in [1.165, 1.54) is 0 Å². The smallest absolute Gasteiger partial charge is 0.225 e. The summed E-state index contributed by atoms with van der Waals surface area (Å²) in [6.07, 6.45) is 4.16. The predicted molar refractivity (Wildman–Crippen MR) is 121 cm³/mol. The van der Waals surface area contributed by atoms with E-state index in [4.69, 9.17) is 26.3 Å². The van der Waals surface area contributed by atoms with Gasteiger partial charge in [-0.15, -0.1) is 0 Å². The summed E-state index contributed by atoms with van der Waals surface area (Å²) in [5.74, 6) is 2.33. The minimum Gasteiger partial charge on any atom is -0.378 e. The van der Waals surface area contributed by atoms with Crippen LogP contribution >= 0.6 is 11.6 Å². The number of amides is 1. The Morgan fingerprint density at radius 2 is 1.77 bits per heavy atom. The lowest BCUT2D eigenvalue weighted by atomic mass is 9.95. The zero-order valence-electron chi connectivity index (χ0n) is 17.9. The van der Waals surface area contributed by atoms with Gasteiger partial charge in [-0.25, -0.2) is 9.97 Å². The third-order valence-corrected chi connectivity index (χ3v) is 6.95. The van der Waals surface area contributed by atoms with Crippen LogP contribution in [0.1, 0.15) is 31.5 Å². The van der Waals surface area contributed by atoms with Crippen molar-refractivity contribution in [3.8, 4) is 0 Å². The molecule has 4 heterocycles. The van der Waals surface area contributed by atoms with Crippen molar-refractivity contribution in [1.29, 1.82) is 0 Å². The van der Waals surface area contributed by atoms with Crippen LogP contribution in [0, 0.1) is 5.92 Å². The number of carbonyl (C=O) groups is 1. The highest BCUT2D eigenvalue weighted by Gasteiger charge is 2.30. The molecule has 1 aromatic heterocycles. The van der Waals surface area contributed by atoms with Crippen LogP contribution in [0.4, 0.5) is 5.82 Å². The van der Waals surface area contributed by atoms with Crippen molar-refractivity contribution in [1.82, 2.24) is 19.8 Å². The van der Waals surface area contributed by atoms with Crippen molar-refractivity contribution in [2.75, 3.05) is 57.4 Å². The van der Waals surface area contributed by atoms with Gasteiger partial charge in [-0.2, -0.15) is 0 Å². The number of nitrogens with zero attached hydrogens (tertiary/aromatic N) is 5. The van der Waals surface area contributed by atoms with Crippen LogP contribution in [-0.2, 0) is 16.1 Å². The number of rotatable bonds is 4. The number of hydrogen-bond acceptors (Lipinski definition) is 6. The lowest BCUT2D eigenvalue weighted by Gasteiger charge is -2.33. The number of fused-ring (bicyclic) bond motifs is 1. The van der Waals surface area contributed by atoms with Gasteiger partial charge < -0.3 is 14.5 Å². The van der Waals surface area contributed by atoms with Gasteiger partial charge in [-0.05, 0) is 57.0 Å². The Bertz CT molecular complexity index is 935. The zero-order chi connectivity index (χ0) is 21.2. The quantitative estimate of drug-likeness (QED) is 0.724. The van der Waals surface area contributed by atoms with E-state index in [0.29, 0.717) is 30.7 Å². The summed E-state index contributed by atoms with van der Waals surface area (Å²) in [6.45, 7) is 7.49. The molecule has 0 saturated carbocycles. The summed E-state index contributed by atoms with van der Waals surface area (Å²) in [5, 5.41) is 1.69. The lowest BCUT2D eigenvalue weighted by Crippen LogP contribution is -2.41. The molecule has 3 fully saturated rings. The molecule has 3 aliphatic rings. The van der Waals surface area contributed by atoms with Crippen molar-refractivity contribution in [2.24, 2.45) is 5.92 Å². The summed E-state index contributed by atoms with van der Waals surface area (Å²) in [4.78, 5) is 29.2. The molecular weight excluding hydrogens is 414 g/mol. The molecule has 0 atom stereocenters. The number of carbonyl (C=O) groups excluding carboxylic acids is 1. The van der Waals surface area contributed by atoms with Crippen molar-refractivity contribution in [3.63, 3.8) is 0 Å². The van der Waals surface area contributed by atoms with E-state index in [0.717, 1.165) is 87.5 Å².